The summed E-state index contributed by atoms with van der Waals surface area (Å²) in [5.41, 5.74) is 4.14. The number of hydrogen-bond acceptors (Lipinski definition) is 3. The smallest absolute Gasteiger partial charge is 0.378 e. The highest BCUT2D eigenvalue weighted by Crippen LogP contribution is 2.07. The molecule has 18 heavy (non-hydrogen) atoms. The number of nitrogens with one attached hydrogen (secondary N) is 1. The van der Waals surface area contributed by atoms with E-state index in [1.54, 1.807) is 19.9 Å². The Balaban J connectivity index is 2.49. The molecule has 0 spiro atoms. The minimum atomic E-state index is -2.25. The third kappa shape index (κ3) is 3.92. The topological polar surface area (TPSA) is 30.5 Å². The normalized spacial score (nSPS) is 11.2. The predicted molar refractivity (Wildman–Crippen MR) is 78.2 cm³/mol. The van der Waals surface area contributed by atoms with Crippen molar-refractivity contribution >= 4 is 14.6 Å². The zero-order valence-corrected chi connectivity index (χ0v) is 12.1. The van der Waals surface area contributed by atoms with Gasteiger partial charge in [0.25, 0.3) is 0 Å². The van der Waals surface area contributed by atoms with E-state index >= 15 is 0 Å². The predicted octanol–water partition coefficient (Wildman–Crippen LogP) is 2.42. The second-order valence-electron chi connectivity index (χ2n) is 3.97. The van der Waals surface area contributed by atoms with E-state index in [1.807, 2.05) is 6.08 Å². The molecule has 0 aliphatic carbocycles. The Labute approximate surface area is 110 Å². The lowest BCUT2D eigenvalue weighted by Gasteiger charge is -2.23. The fraction of sp³-hybridized carbons (Fsp3) is 0.286. The van der Waals surface area contributed by atoms with E-state index < -0.39 is 8.56 Å². The van der Waals surface area contributed by atoms with Gasteiger partial charge in [-0.25, -0.2) is 0 Å². The maximum atomic E-state index is 5.43. The minimum absolute atomic E-state index is 0.687. The van der Waals surface area contributed by atoms with Gasteiger partial charge in [0.1, 0.15) is 0 Å². The molecule has 0 unspecified atom stereocenters. The third-order valence-electron chi connectivity index (χ3n) is 2.92. The summed E-state index contributed by atoms with van der Waals surface area (Å²) in [5, 5.41) is 3.35. The van der Waals surface area contributed by atoms with Gasteiger partial charge in [0.05, 0.1) is 0 Å². The van der Waals surface area contributed by atoms with Crippen molar-refractivity contribution in [1.29, 1.82) is 0 Å². The summed E-state index contributed by atoms with van der Waals surface area (Å²) >= 11 is 0. The van der Waals surface area contributed by atoms with E-state index in [9.17, 15) is 0 Å². The fourth-order valence-electron chi connectivity index (χ4n) is 1.62. The Morgan fingerprint density at radius 2 is 1.78 bits per heavy atom. The first-order valence-electron chi connectivity index (χ1n) is 5.85. The first kappa shape index (κ1) is 14.9. The van der Waals surface area contributed by atoms with Crippen molar-refractivity contribution in [2.75, 3.05) is 20.4 Å². The van der Waals surface area contributed by atoms with Crippen molar-refractivity contribution in [1.82, 2.24) is 5.32 Å². The SMILES string of the molecule is C=Cc1ccc(CNC[Si](C=C)(OC)OC)cc1. The third-order valence-corrected chi connectivity index (χ3v) is 5.66. The molecule has 0 aromatic heterocycles. The highest BCUT2D eigenvalue weighted by molar-refractivity contribution is 6.72. The molecule has 0 fully saturated rings. The highest BCUT2D eigenvalue weighted by atomic mass is 28.4. The van der Waals surface area contributed by atoms with Crippen molar-refractivity contribution in [3.63, 3.8) is 0 Å². The summed E-state index contributed by atoms with van der Waals surface area (Å²) < 4.78 is 10.9. The fourth-order valence-corrected chi connectivity index (χ4v) is 3.03. The Bertz CT molecular complexity index is 385. The molecule has 1 N–H and O–H groups in total. The molecule has 0 amide bonds. The van der Waals surface area contributed by atoms with Crippen molar-refractivity contribution < 1.29 is 8.85 Å². The molecule has 4 heteroatoms. The maximum Gasteiger partial charge on any atom is 0.378 e. The van der Waals surface area contributed by atoms with E-state index in [-0.39, 0.29) is 0 Å². The lowest BCUT2D eigenvalue weighted by molar-refractivity contribution is 0.253. The quantitative estimate of drug-likeness (QED) is 0.731. The van der Waals surface area contributed by atoms with Crippen molar-refractivity contribution in [3.8, 4) is 0 Å². The second-order valence-corrected chi connectivity index (χ2v) is 7.18. The van der Waals surface area contributed by atoms with Crippen LogP contribution in [0.3, 0.4) is 0 Å². The average Bonchev–Trinajstić information content (AvgIpc) is 2.45. The van der Waals surface area contributed by atoms with Crippen molar-refractivity contribution in [3.05, 3.63) is 54.2 Å². The van der Waals surface area contributed by atoms with Gasteiger partial charge in [-0.1, -0.05) is 36.9 Å². The van der Waals surface area contributed by atoms with Gasteiger partial charge in [-0.15, -0.1) is 6.58 Å². The zero-order valence-electron chi connectivity index (χ0n) is 11.1. The molecule has 3 nitrogen and oxygen atoms in total. The summed E-state index contributed by atoms with van der Waals surface area (Å²) in [6, 6.07) is 8.27. The number of benzene rings is 1. The zero-order chi connectivity index (χ0) is 13.4. The molecule has 0 heterocycles. The van der Waals surface area contributed by atoms with Gasteiger partial charge >= 0.3 is 8.56 Å². The van der Waals surface area contributed by atoms with Gasteiger partial charge in [-0.3, -0.25) is 0 Å². The molecule has 0 saturated carbocycles. The molecule has 98 valence electrons. The largest absolute Gasteiger partial charge is 0.394 e. The van der Waals surface area contributed by atoms with Crippen molar-refractivity contribution in [2.24, 2.45) is 0 Å². The van der Waals surface area contributed by atoms with Crippen LogP contribution in [0.2, 0.25) is 0 Å². The van der Waals surface area contributed by atoms with E-state index in [2.05, 4.69) is 42.7 Å². The van der Waals surface area contributed by atoms with Crippen LogP contribution < -0.4 is 5.32 Å². The van der Waals surface area contributed by atoms with Crippen LogP contribution in [0.4, 0.5) is 0 Å². The molecular formula is C14H21NO2Si. The number of hydrogen-bond donors (Lipinski definition) is 1. The number of rotatable bonds is 8. The van der Waals surface area contributed by atoms with E-state index in [4.69, 9.17) is 8.85 Å². The molecule has 0 atom stereocenters. The molecule has 1 aromatic rings. The molecule has 1 aromatic carbocycles. The van der Waals surface area contributed by atoms with Crippen LogP contribution in [0, 0.1) is 0 Å². The molecule has 0 radical (unpaired) electrons. The Morgan fingerprint density at radius 1 is 1.17 bits per heavy atom. The maximum absolute atomic E-state index is 5.43. The van der Waals surface area contributed by atoms with Crippen LogP contribution >= 0.6 is 0 Å². The van der Waals surface area contributed by atoms with Gasteiger partial charge in [0.15, 0.2) is 0 Å². The standard InChI is InChI=1S/C14H21NO2Si/c1-5-13-7-9-14(10-8-13)11-15-12-18(6-2,16-3)17-4/h5-10,15H,1-2,11-12H2,3-4H3. The summed E-state index contributed by atoms with van der Waals surface area (Å²) in [4.78, 5) is 0. The van der Waals surface area contributed by atoms with Gasteiger partial charge in [0, 0.05) is 26.9 Å². The van der Waals surface area contributed by atoms with Crippen LogP contribution in [0.5, 0.6) is 0 Å². The summed E-state index contributed by atoms with van der Waals surface area (Å²) in [5.74, 6) is 0. The van der Waals surface area contributed by atoms with Crippen LogP contribution in [0.25, 0.3) is 6.08 Å². The molecular weight excluding hydrogens is 242 g/mol. The Morgan fingerprint density at radius 3 is 2.22 bits per heavy atom. The second kappa shape index (κ2) is 7.28. The lowest BCUT2D eigenvalue weighted by atomic mass is 10.1. The van der Waals surface area contributed by atoms with Gasteiger partial charge in [-0.05, 0) is 16.8 Å². The molecule has 0 bridgehead atoms. The molecule has 0 saturated heterocycles. The van der Waals surface area contributed by atoms with Crippen LogP contribution in [-0.4, -0.2) is 28.9 Å². The van der Waals surface area contributed by atoms with Crippen LogP contribution in [-0.2, 0) is 15.4 Å². The van der Waals surface area contributed by atoms with Crippen molar-refractivity contribution in [2.45, 2.75) is 6.54 Å². The van der Waals surface area contributed by atoms with E-state index in [0.717, 1.165) is 12.1 Å². The molecule has 0 aliphatic rings. The first-order chi connectivity index (χ1) is 8.69. The van der Waals surface area contributed by atoms with Gasteiger partial charge in [-0.2, -0.15) is 0 Å². The average molecular weight is 263 g/mol. The molecule has 0 aliphatic heterocycles. The summed E-state index contributed by atoms with van der Waals surface area (Å²) in [6.45, 7) is 8.30. The van der Waals surface area contributed by atoms with Crippen LogP contribution in [0.1, 0.15) is 11.1 Å². The van der Waals surface area contributed by atoms with E-state index in [1.165, 1.54) is 5.56 Å². The summed E-state index contributed by atoms with van der Waals surface area (Å²) in [6.07, 6.45) is 2.52. The van der Waals surface area contributed by atoms with Gasteiger partial charge in [0.2, 0.25) is 0 Å². The summed E-state index contributed by atoms with van der Waals surface area (Å²) in [7, 11) is 1.08. The lowest BCUT2D eigenvalue weighted by Crippen LogP contribution is -2.48. The van der Waals surface area contributed by atoms with Crippen LogP contribution in [0.15, 0.2) is 43.1 Å². The molecule has 1 rings (SSSR count). The Kier molecular flexibility index (Phi) is 6.01. The van der Waals surface area contributed by atoms with E-state index in [0.29, 0.717) is 6.17 Å². The minimum Gasteiger partial charge on any atom is -0.394 e. The first-order valence-corrected chi connectivity index (χ1v) is 7.96. The Hall–Kier alpha value is -1.20. The highest BCUT2D eigenvalue weighted by Gasteiger charge is 2.31. The van der Waals surface area contributed by atoms with Gasteiger partial charge < -0.3 is 14.2 Å². The monoisotopic (exact) mass is 263 g/mol.